The first-order chi connectivity index (χ1) is 26.3. The van der Waals surface area contributed by atoms with E-state index in [1.165, 1.54) is 103 Å². The fourth-order valence-electron chi connectivity index (χ4n) is 8.43. The maximum atomic E-state index is 12.8. The molecule has 0 aromatic heterocycles. The molecule has 1 heterocycles. The minimum Gasteiger partial charge on any atom is -0.499 e. The molecule has 1 fully saturated rings. The number of esters is 1. The molecular formula is C48H92N2O4. The second-order valence-corrected chi connectivity index (χ2v) is 16.7. The van der Waals surface area contributed by atoms with Crippen molar-refractivity contribution in [2.24, 2.45) is 23.7 Å². The maximum Gasteiger partial charge on any atom is 0.305 e. The molecule has 0 aliphatic carbocycles. The molecule has 0 aromatic rings. The van der Waals surface area contributed by atoms with Crippen molar-refractivity contribution < 1.29 is 19.0 Å². The molecular weight excluding hydrogens is 669 g/mol. The van der Waals surface area contributed by atoms with E-state index in [4.69, 9.17) is 14.2 Å². The van der Waals surface area contributed by atoms with Gasteiger partial charge >= 0.3 is 5.97 Å². The molecule has 0 bridgehead atoms. The van der Waals surface area contributed by atoms with Gasteiger partial charge < -0.3 is 24.0 Å². The summed E-state index contributed by atoms with van der Waals surface area (Å²) >= 11 is 0. The van der Waals surface area contributed by atoms with Crippen molar-refractivity contribution in [1.82, 2.24) is 9.80 Å². The Morgan fingerprint density at radius 3 is 1.50 bits per heavy atom. The Kier molecular flexibility index (Phi) is 32.2. The summed E-state index contributed by atoms with van der Waals surface area (Å²) in [4.78, 5) is 17.6. The number of rotatable bonds is 39. The predicted molar refractivity (Wildman–Crippen MR) is 233 cm³/mol. The molecule has 2 atom stereocenters. The molecule has 2 unspecified atom stereocenters. The fourth-order valence-corrected chi connectivity index (χ4v) is 8.43. The molecule has 1 rings (SSSR count). The van der Waals surface area contributed by atoms with Crippen LogP contribution >= 0.6 is 0 Å². The molecule has 1 aliphatic heterocycles. The van der Waals surface area contributed by atoms with Gasteiger partial charge in [-0.3, -0.25) is 4.79 Å². The Bertz CT molecular complexity index is 829. The number of likely N-dealkylation sites (tertiary alicyclic amines) is 1. The van der Waals surface area contributed by atoms with Gasteiger partial charge in [0, 0.05) is 32.5 Å². The normalized spacial score (nSPS) is 15.8. The van der Waals surface area contributed by atoms with Crippen LogP contribution in [0.15, 0.2) is 24.8 Å². The summed E-state index contributed by atoms with van der Waals surface area (Å²) in [5.74, 6) is 4.30. The topological polar surface area (TPSA) is 51.2 Å². The molecule has 1 saturated heterocycles. The summed E-state index contributed by atoms with van der Waals surface area (Å²) in [6.07, 6.45) is 29.7. The van der Waals surface area contributed by atoms with Crippen molar-refractivity contribution in [3.8, 4) is 0 Å². The van der Waals surface area contributed by atoms with Crippen molar-refractivity contribution in [3.05, 3.63) is 24.8 Å². The van der Waals surface area contributed by atoms with Crippen LogP contribution in [-0.2, 0) is 19.0 Å². The van der Waals surface area contributed by atoms with E-state index in [1.54, 1.807) is 0 Å². The van der Waals surface area contributed by atoms with Crippen molar-refractivity contribution in [1.29, 1.82) is 0 Å². The van der Waals surface area contributed by atoms with E-state index < -0.39 is 0 Å². The standard InChI is InChI=1S/C48H92N2O4/c1-9-15-19-27-44(28-20-16-10-2)34-38-52-42(7)26-23-31-46-40-50(43(8)53-37-25-36-49(13-5)14-6)41-47(46)32-24-33-48(51)54-39-35-45(29-21-17-11-3)30-22-18-12-4/h44-47H,7-41H2,1-6H3. The van der Waals surface area contributed by atoms with Crippen LogP contribution in [0.3, 0.4) is 0 Å². The lowest BCUT2D eigenvalue weighted by Gasteiger charge is -2.23. The van der Waals surface area contributed by atoms with Crippen LogP contribution in [0.2, 0.25) is 0 Å². The number of ether oxygens (including phenoxy) is 3. The minimum absolute atomic E-state index is 0.0189. The summed E-state index contributed by atoms with van der Waals surface area (Å²) in [5, 5.41) is 0. The molecule has 0 spiro atoms. The van der Waals surface area contributed by atoms with Crippen molar-refractivity contribution in [2.75, 3.05) is 52.5 Å². The highest BCUT2D eigenvalue weighted by molar-refractivity contribution is 5.69. The lowest BCUT2D eigenvalue weighted by atomic mass is 9.87. The van der Waals surface area contributed by atoms with Gasteiger partial charge in [0.05, 0.1) is 25.6 Å². The van der Waals surface area contributed by atoms with Gasteiger partial charge in [0.2, 0.25) is 0 Å². The summed E-state index contributed by atoms with van der Waals surface area (Å²) in [6.45, 7) is 29.5. The number of carbonyl (C=O) groups excluding carboxylic acids is 1. The first-order valence-corrected chi connectivity index (χ1v) is 23.6. The zero-order chi connectivity index (χ0) is 39.7. The SMILES string of the molecule is C=C(CCCC1CN(C(=C)OCCCN(CC)CC)CC1CCCC(=O)OCCC(CCCCC)CCCCC)OCCC(CCCCC)CCCCC. The van der Waals surface area contributed by atoms with E-state index in [2.05, 4.69) is 64.5 Å². The third kappa shape index (κ3) is 25.5. The Labute approximate surface area is 337 Å². The van der Waals surface area contributed by atoms with E-state index in [-0.39, 0.29) is 5.97 Å². The van der Waals surface area contributed by atoms with E-state index in [0.717, 1.165) is 108 Å². The van der Waals surface area contributed by atoms with Gasteiger partial charge in [0.1, 0.15) is 0 Å². The van der Waals surface area contributed by atoms with Gasteiger partial charge in [-0.25, -0.2) is 0 Å². The second-order valence-electron chi connectivity index (χ2n) is 16.7. The van der Waals surface area contributed by atoms with Crippen LogP contribution in [0.5, 0.6) is 0 Å². The van der Waals surface area contributed by atoms with Crippen molar-refractivity contribution in [3.63, 3.8) is 0 Å². The van der Waals surface area contributed by atoms with E-state index in [9.17, 15) is 4.79 Å². The van der Waals surface area contributed by atoms with Gasteiger partial charge in [-0.05, 0) is 88.3 Å². The third-order valence-electron chi connectivity index (χ3n) is 12.2. The van der Waals surface area contributed by atoms with Crippen LogP contribution in [0.1, 0.15) is 202 Å². The average Bonchev–Trinajstić information content (AvgIpc) is 3.57. The first kappa shape index (κ1) is 50.3. The average molecular weight is 761 g/mol. The molecule has 0 radical (unpaired) electrons. The molecule has 0 amide bonds. The number of allylic oxidation sites excluding steroid dienone is 1. The van der Waals surface area contributed by atoms with E-state index in [1.807, 2.05) is 0 Å². The van der Waals surface area contributed by atoms with E-state index in [0.29, 0.717) is 37.4 Å². The Morgan fingerprint density at radius 1 is 0.574 bits per heavy atom. The Morgan fingerprint density at radius 2 is 1.04 bits per heavy atom. The lowest BCUT2D eigenvalue weighted by molar-refractivity contribution is -0.144. The molecule has 6 nitrogen and oxygen atoms in total. The van der Waals surface area contributed by atoms with E-state index >= 15 is 0 Å². The van der Waals surface area contributed by atoms with Crippen LogP contribution in [-0.4, -0.2) is 68.3 Å². The van der Waals surface area contributed by atoms with Gasteiger partial charge in [0.15, 0.2) is 5.88 Å². The molecule has 0 aromatic carbocycles. The molecule has 318 valence electrons. The monoisotopic (exact) mass is 761 g/mol. The van der Waals surface area contributed by atoms with Crippen molar-refractivity contribution >= 4 is 5.97 Å². The highest BCUT2D eigenvalue weighted by Gasteiger charge is 2.33. The molecule has 54 heavy (non-hydrogen) atoms. The molecule has 6 heteroatoms. The quantitative estimate of drug-likeness (QED) is 0.0353. The highest BCUT2D eigenvalue weighted by Crippen LogP contribution is 2.34. The van der Waals surface area contributed by atoms with Gasteiger partial charge in [-0.15, -0.1) is 0 Å². The van der Waals surface area contributed by atoms with Crippen LogP contribution in [0.25, 0.3) is 0 Å². The fraction of sp³-hybridized carbons (Fsp3) is 0.896. The minimum atomic E-state index is -0.0189. The zero-order valence-corrected chi connectivity index (χ0v) is 37.1. The number of carbonyl (C=O) groups is 1. The summed E-state index contributed by atoms with van der Waals surface area (Å²) < 4.78 is 18.2. The highest BCUT2D eigenvalue weighted by atomic mass is 16.5. The van der Waals surface area contributed by atoms with Gasteiger partial charge in [0.25, 0.3) is 0 Å². The molecule has 0 saturated carbocycles. The molecule has 1 aliphatic rings. The van der Waals surface area contributed by atoms with Crippen LogP contribution < -0.4 is 0 Å². The largest absolute Gasteiger partial charge is 0.499 e. The Hall–Kier alpha value is -1.69. The summed E-state index contributed by atoms with van der Waals surface area (Å²) in [7, 11) is 0. The number of unbranched alkanes of at least 4 members (excludes halogenated alkanes) is 8. The summed E-state index contributed by atoms with van der Waals surface area (Å²) in [6, 6.07) is 0. The van der Waals surface area contributed by atoms with Gasteiger partial charge in [-0.2, -0.15) is 0 Å². The van der Waals surface area contributed by atoms with Crippen LogP contribution in [0.4, 0.5) is 0 Å². The third-order valence-corrected chi connectivity index (χ3v) is 12.2. The molecule has 0 N–H and O–H groups in total. The maximum absolute atomic E-state index is 12.8. The lowest BCUT2D eigenvalue weighted by Crippen LogP contribution is -2.26. The number of nitrogens with zero attached hydrogens (tertiary/aromatic N) is 2. The predicted octanol–water partition coefficient (Wildman–Crippen LogP) is 13.5. The zero-order valence-electron chi connectivity index (χ0n) is 37.1. The Balaban J connectivity index is 2.62. The second kappa shape index (κ2) is 34.5. The summed E-state index contributed by atoms with van der Waals surface area (Å²) in [5.41, 5.74) is 0. The first-order valence-electron chi connectivity index (χ1n) is 23.6. The number of hydrogen-bond donors (Lipinski definition) is 0. The van der Waals surface area contributed by atoms with Crippen molar-refractivity contribution in [2.45, 2.75) is 202 Å². The number of hydrogen-bond acceptors (Lipinski definition) is 6. The van der Waals surface area contributed by atoms with Crippen LogP contribution in [0, 0.1) is 23.7 Å². The smallest absolute Gasteiger partial charge is 0.305 e. The van der Waals surface area contributed by atoms with Gasteiger partial charge in [-0.1, -0.05) is 151 Å².